The van der Waals surface area contributed by atoms with Crippen LogP contribution in [0.2, 0.25) is 0 Å². The molecule has 1 aromatic heterocycles. The smallest absolute Gasteiger partial charge is 0.248 e. The van der Waals surface area contributed by atoms with Crippen molar-refractivity contribution in [3.05, 3.63) is 78.4 Å². The van der Waals surface area contributed by atoms with Crippen molar-refractivity contribution in [1.29, 1.82) is 0 Å². The van der Waals surface area contributed by atoms with Crippen molar-refractivity contribution in [2.45, 2.75) is 10.6 Å². The zero-order chi connectivity index (χ0) is 15.4. The summed E-state index contributed by atoms with van der Waals surface area (Å²) in [5.41, 5.74) is 6.92. The lowest BCUT2D eigenvalue weighted by Gasteiger charge is -2.08. The fraction of sp³-hybridized carbons (Fsp3) is 0.0588. The first-order valence-electron chi connectivity index (χ1n) is 6.84. The lowest BCUT2D eigenvalue weighted by Crippen LogP contribution is -2.10. The van der Waals surface area contributed by atoms with E-state index < -0.39 is 5.91 Å². The maximum Gasteiger partial charge on any atom is 0.248 e. The molecule has 0 aliphatic rings. The highest BCUT2D eigenvalue weighted by atomic mass is 32.2. The summed E-state index contributed by atoms with van der Waals surface area (Å²) < 4.78 is 2.06. The first kappa shape index (κ1) is 14.4. The Balaban J connectivity index is 1.77. The Kier molecular flexibility index (Phi) is 4.25. The number of aromatic nitrogens is 2. The maximum atomic E-state index is 11.2. The van der Waals surface area contributed by atoms with Gasteiger partial charge in [-0.05, 0) is 30.3 Å². The van der Waals surface area contributed by atoms with Crippen molar-refractivity contribution in [1.82, 2.24) is 9.55 Å². The van der Waals surface area contributed by atoms with Crippen molar-refractivity contribution < 1.29 is 4.79 Å². The zero-order valence-electron chi connectivity index (χ0n) is 11.8. The minimum atomic E-state index is -0.409. The van der Waals surface area contributed by atoms with Crippen molar-refractivity contribution in [3.8, 4) is 5.69 Å². The first-order valence-corrected chi connectivity index (χ1v) is 7.83. The summed E-state index contributed by atoms with van der Waals surface area (Å²) in [4.78, 5) is 16.6. The van der Waals surface area contributed by atoms with E-state index in [0.29, 0.717) is 11.3 Å². The predicted octanol–water partition coefficient (Wildman–Crippen LogP) is 3.26. The molecule has 0 unspecified atom stereocenters. The van der Waals surface area contributed by atoms with Gasteiger partial charge in [0.1, 0.15) is 5.82 Å². The molecule has 1 amide bonds. The van der Waals surface area contributed by atoms with Crippen LogP contribution in [0.4, 0.5) is 0 Å². The quantitative estimate of drug-likeness (QED) is 0.736. The van der Waals surface area contributed by atoms with Gasteiger partial charge in [-0.15, -0.1) is 11.8 Å². The highest BCUT2D eigenvalue weighted by Gasteiger charge is 2.07. The van der Waals surface area contributed by atoms with E-state index in [-0.39, 0.29) is 0 Å². The number of para-hydroxylation sites is 1. The van der Waals surface area contributed by atoms with E-state index in [1.165, 1.54) is 0 Å². The molecule has 5 heteroatoms. The van der Waals surface area contributed by atoms with Crippen LogP contribution in [0.3, 0.4) is 0 Å². The molecule has 0 radical (unpaired) electrons. The van der Waals surface area contributed by atoms with Crippen molar-refractivity contribution >= 4 is 17.7 Å². The Morgan fingerprint density at radius 2 is 1.95 bits per heavy atom. The number of hydrogen-bond acceptors (Lipinski definition) is 3. The molecule has 2 aromatic carbocycles. The molecule has 22 heavy (non-hydrogen) atoms. The third kappa shape index (κ3) is 3.20. The van der Waals surface area contributed by atoms with Gasteiger partial charge in [-0.2, -0.15) is 0 Å². The van der Waals surface area contributed by atoms with Crippen LogP contribution in [0, 0.1) is 0 Å². The van der Waals surface area contributed by atoms with Crippen LogP contribution in [-0.4, -0.2) is 15.5 Å². The summed E-state index contributed by atoms with van der Waals surface area (Å²) >= 11 is 1.63. The lowest BCUT2D eigenvalue weighted by molar-refractivity contribution is 0.1000. The number of rotatable bonds is 5. The molecule has 3 aromatic rings. The number of amides is 1. The first-order chi connectivity index (χ1) is 10.7. The number of imidazole rings is 1. The van der Waals surface area contributed by atoms with Gasteiger partial charge in [-0.25, -0.2) is 4.98 Å². The molecule has 4 nitrogen and oxygen atoms in total. The van der Waals surface area contributed by atoms with Gasteiger partial charge in [0.15, 0.2) is 0 Å². The molecule has 0 aliphatic carbocycles. The second kappa shape index (κ2) is 6.49. The van der Waals surface area contributed by atoms with E-state index in [1.807, 2.05) is 54.7 Å². The molecule has 3 rings (SSSR count). The normalized spacial score (nSPS) is 10.5. The molecule has 0 atom stereocenters. The second-order valence-corrected chi connectivity index (χ2v) is 5.78. The summed E-state index contributed by atoms with van der Waals surface area (Å²) in [6.07, 6.45) is 3.74. The molecule has 0 spiro atoms. The summed E-state index contributed by atoms with van der Waals surface area (Å²) in [6.45, 7) is 0. The molecule has 0 saturated heterocycles. The lowest BCUT2D eigenvalue weighted by atomic mass is 10.2. The number of primary amides is 1. The zero-order valence-corrected chi connectivity index (χ0v) is 12.7. The molecular weight excluding hydrogens is 294 g/mol. The average molecular weight is 309 g/mol. The Labute approximate surface area is 133 Å². The number of hydrogen-bond donors (Lipinski definition) is 1. The number of nitrogens with zero attached hydrogens (tertiary/aromatic N) is 2. The maximum absolute atomic E-state index is 11.2. The van der Waals surface area contributed by atoms with Crippen LogP contribution >= 0.6 is 11.8 Å². The molecule has 110 valence electrons. The standard InChI is InChI=1S/C17H15N3OS/c18-17(21)13-5-4-8-15(11-13)22-12-16-19-9-10-20(16)14-6-2-1-3-7-14/h1-11H,12H2,(H2,18,21). The van der Waals surface area contributed by atoms with E-state index in [2.05, 4.69) is 9.55 Å². The van der Waals surface area contributed by atoms with Gasteiger partial charge >= 0.3 is 0 Å². The van der Waals surface area contributed by atoms with E-state index in [4.69, 9.17) is 5.73 Å². The number of benzene rings is 2. The molecule has 0 saturated carbocycles. The van der Waals surface area contributed by atoms with Crippen LogP contribution < -0.4 is 5.73 Å². The van der Waals surface area contributed by atoms with Crippen LogP contribution in [0.5, 0.6) is 0 Å². The summed E-state index contributed by atoms with van der Waals surface area (Å²) in [7, 11) is 0. The van der Waals surface area contributed by atoms with E-state index in [1.54, 1.807) is 24.0 Å². The molecule has 0 bridgehead atoms. The summed E-state index contributed by atoms with van der Waals surface area (Å²) in [6, 6.07) is 17.4. The average Bonchev–Trinajstić information content (AvgIpc) is 3.02. The van der Waals surface area contributed by atoms with Gasteiger partial charge in [0, 0.05) is 28.5 Å². The van der Waals surface area contributed by atoms with Crippen LogP contribution in [0.1, 0.15) is 16.2 Å². The Hall–Kier alpha value is -2.53. The number of carbonyl (C=O) groups is 1. The van der Waals surface area contributed by atoms with Gasteiger partial charge in [0.25, 0.3) is 0 Å². The fourth-order valence-corrected chi connectivity index (χ4v) is 3.05. The summed E-state index contributed by atoms with van der Waals surface area (Å²) in [5.74, 6) is 1.26. The van der Waals surface area contributed by atoms with Gasteiger partial charge in [-0.1, -0.05) is 24.3 Å². The van der Waals surface area contributed by atoms with Gasteiger partial charge in [-0.3, -0.25) is 4.79 Å². The van der Waals surface area contributed by atoms with Crippen LogP contribution in [0.15, 0.2) is 71.9 Å². The minimum absolute atomic E-state index is 0.409. The van der Waals surface area contributed by atoms with E-state index >= 15 is 0 Å². The third-order valence-electron chi connectivity index (χ3n) is 3.24. The number of thioether (sulfide) groups is 1. The van der Waals surface area contributed by atoms with E-state index in [0.717, 1.165) is 16.4 Å². The second-order valence-electron chi connectivity index (χ2n) is 4.73. The van der Waals surface area contributed by atoms with Crippen molar-refractivity contribution in [2.75, 3.05) is 0 Å². The van der Waals surface area contributed by atoms with Crippen LogP contribution in [0.25, 0.3) is 5.69 Å². The Morgan fingerprint density at radius 1 is 1.14 bits per heavy atom. The highest BCUT2D eigenvalue weighted by Crippen LogP contribution is 2.24. The Bertz CT molecular complexity index is 783. The van der Waals surface area contributed by atoms with E-state index in [9.17, 15) is 4.79 Å². The monoisotopic (exact) mass is 309 g/mol. The molecule has 0 fully saturated rings. The molecule has 2 N–H and O–H groups in total. The largest absolute Gasteiger partial charge is 0.366 e. The molecule has 0 aliphatic heterocycles. The fourth-order valence-electron chi connectivity index (χ4n) is 2.15. The SMILES string of the molecule is NC(=O)c1cccc(SCc2nccn2-c2ccccc2)c1. The summed E-state index contributed by atoms with van der Waals surface area (Å²) in [5, 5.41) is 0. The predicted molar refractivity (Wildman–Crippen MR) is 88.1 cm³/mol. The Morgan fingerprint density at radius 3 is 2.73 bits per heavy atom. The third-order valence-corrected chi connectivity index (χ3v) is 4.23. The molecular formula is C17H15N3OS. The van der Waals surface area contributed by atoms with Crippen molar-refractivity contribution in [2.24, 2.45) is 5.73 Å². The van der Waals surface area contributed by atoms with Gasteiger partial charge < -0.3 is 10.3 Å². The van der Waals surface area contributed by atoms with Gasteiger partial charge in [0.2, 0.25) is 5.91 Å². The van der Waals surface area contributed by atoms with Gasteiger partial charge in [0.05, 0.1) is 5.75 Å². The van der Waals surface area contributed by atoms with Crippen LogP contribution in [-0.2, 0) is 5.75 Å². The number of carbonyl (C=O) groups excluding carboxylic acids is 1. The topological polar surface area (TPSA) is 60.9 Å². The number of nitrogens with two attached hydrogens (primary N) is 1. The highest BCUT2D eigenvalue weighted by molar-refractivity contribution is 7.98. The molecule has 1 heterocycles. The minimum Gasteiger partial charge on any atom is -0.366 e. The van der Waals surface area contributed by atoms with Crippen molar-refractivity contribution in [3.63, 3.8) is 0 Å².